The molecule has 3 nitrogen and oxygen atoms in total. The number of esters is 1. The molecule has 2 atom stereocenters. The van der Waals surface area contributed by atoms with Crippen molar-refractivity contribution < 1.29 is 27.4 Å². The molecule has 0 aliphatic heterocycles. The summed E-state index contributed by atoms with van der Waals surface area (Å²) in [4.78, 5) is 12.6. The van der Waals surface area contributed by atoms with Crippen LogP contribution in [-0.2, 0) is 14.3 Å². The third-order valence-corrected chi connectivity index (χ3v) is 6.24. The smallest absolute Gasteiger partial charge is 0.411 e. The Bertz CT molecular complexity index is 498. The van der Waals surface area contributed by atoms with Crippen LogP contribution in [0.4, 0.5) is 13.2 Å². The molecule has 24 heavy (non-hydrogen) atoms. The Morgan fingerprint density at radius 2 is 1.62 bits per heavy atom. The molecule has 0 saturated heterocycles. The molecule has 0 heterocycles. The van der Waals surface area contributed by atoms with Crippen molar-refractivity contribution in [1.29, 1.82) is 0 Å². The maximum Gasteiger partial charge on any atom is 0.411 e. The summed E-state index contributed by atoms with van der Waals surface area (Å²) in [6, 6.07) is 0. The molecular weight excluding hydrogens is 321 g/mol. The van der Waals surface area contributed by atoms with Gasteiger partial charge in [0.15, 0.2) is 0 Å². The van der Waals surface area contributed by atoms with Gasteiger partial charge in [0.2, 0.25) is 0 Å². The summed E-state index contributed by atoms with van der Waals surface area (Å²) in [5.41, 5.74) is -1.96. The zero-order valence-electron chi connectivity index (χ0n) is 14.7. The van der Waals surface area contributed by atoms with Gasteiger partial charge >= 0.3 is 12.1 Å². The summed E-state index contributed by atoms with van der Waals surface area (Å²) in [7, 11) is 0. The van der Waals surface area contributed by atoms with Gasteiger partial charge in [0.1, 0.15) is 12.2 Å². The van der Waals surface area contributed by atoms with E-state index in [4.69, 9.17) is 9.47 Å². The van der Waals surface area contributed by atoms with Crippen LogP contribution in [0.5, 0.6) is 0 Å². The van der Waals surface area contributed by atoms with E-state index < -0.39 is 29.4 Å². The quantitative estimate of drug-likeness (QED) is 0.679. The lowest BCUT2D eigenvalue weighted by Gasteiger charge is -2.61. The Labute approximate surface area is 141 Å². The van der Waals surface area contributed by atoms with Crippen LogP contribution in [0.3, 0.4) is 0 Å². The van der Waals surface area contributed by atoms with Gasteiger partial charge in [0, 0.05) is 6.42 Å². The fraction of sp³-hybridized carbons (Fsp3) is 0.944. The Morgan fingerprint density at radius 3 is 2.12 bits per heavy atom. The van der Waals surface area contributed by atoms with E-state index in [0.29, 0.717) is 37.5 Å². The van der Waals surface area contributed by atoms with Gasteiger partial charge < -0.3 is 9.47 Å². The third-order valence-electron chi connectivity index (χ3n) is 6.24. The molecule has 0 spiro atoms. The van der Waals surface area contributed by atoms with Gasteiger partial charge in [-0.25, -0.2) is 0 Å². The lowest BCUT2D eigenvalue weighted by molar-refractivity contribution is -0.267. The predicted octanol–water partition coefficient (Wildman–Crippen LogP) is 4.64. The van der Waals surface area contributed by atoms with Crippen LogP contribution in [0.1, 0.15) is 65.7 Å². The van der Waals surface area contributed by atoms with Crippen molar-refractivity contribution in [1.82, 2.24) is 0 Å². The van der Waals surface area contributed by atoms with Gasteiger partial charge in [-0.3, -0.25) is 4.79 Å². The zero-order chi connectivity index (χ0) is 17.8. The monoisotopic (exact) mass is 348 g/mol. The molecule has 2 unspecified atom stereocenters. The SMILES string of the molecule is CCC(C)(C)C(=O)OC12CC3CC(CC(OCC(F)(F)F)(C3)C1)C2. The molecule has 4 aliphatic rings. The molecule has 0 radical (unpaired) electrons. The average molecular weight is 348 g/mol. The van der Waals surface area contributed by atoms with E-state index in [0.717, 1.165) is 19.3 Å². The van der Waals surface area contributed by atoms with E-state index >= 15 is 0 Å². The molecule has 0 aromatic rings. The molecule has 0 N–H and O–H groups in total. The van der Waals surface area contributed by atoms with Crippen molar-refractivity contribution in [2.45, 2.75) is 83.1 Å². The van der Waals surface area contributed by atoms with E-state index in [-0.39, 0.29) is 5.97 Å². The summed E-state index contributed by atoms with van der Waals surface area (Å²) in [6.07, 6.45) is 0.647. The van der Waals surface area contributed by atoms with E-state index in [1.807, 2.05) is 20.8 Å². The summed E-state index contributed by atoms with van der Waals surface area (Å²) in [5.74, 6) is 0.368. The van der Waals surface area contributed by atoms with Crippen LogP contribution >= 0.6 is 0 Å². The highest BCUT2D eigenvalue weighted by atomic mass is 19.4. The topological polar surface area (TPSA) is 35.5 Å². The van der Waals surface area contributed by atoms with Gasteiger partial charge in [0.05, 0.1) is 11.0 Å². The Balaban J connectivity index is 1.77. The van der Waals surface area contributed by atoms with E-state index in [2.05, 4.69) is 0 Å². The summed E-state index contributed by atoms with van der Waals surface area (Å²) < 4.78 is 49.3. The number of halogens is 3. The largest absolute Gasteiger partial charge is 0.459 e. The molecular formula is C18H27F3O3. The molecule has 4 rings (SSSR count). The fourth-order valence-electron chi connectivity index (χ4n) is 5.10. The van der Waals surface area contributed by atoms with Gasteiger partial charge in [-0.2, -0.15) is 13.2 Å². The molecule has 4 fully saturated rings. The first-order valence-corrected chi connectivity index (χ1v) is 8.91. The van der Waals surface area contributed by atoms with Crippen molar-refractivity contribution in [2.24, 2.45) is 17.3 Å². The zero-order valence-corrected chi connectivity index (χ0v) is 14.7. The number of alkyl halides is 3. The highest BCUT2D eigenvalue weighted by Gasteiger charge is 2.61. The Hall–Kier alpha value is -0.780. The molecule has 4 saturated carbocycles. The molecule has 0 aromatic carbocycles. The molecule has 6 heteroatoms. The normalized spacial score (nSPS) is 38.4. The summed E-state index contributed by atoms with van der Waals surface area (Å²) in [5, 5.41) is 0. The van der Waals surface area contributed by atoms with Gasteiger partial charge in [-0.05, 0) is 64.2 Å². The maximum atomic E-state index is 12.6. The number of rotatable bonds is 5. The second-order valence-electron chi connectivity index (χ2n) is 8.86. The van der Waals surface area contributed by atoms with Crippen LogP contribution in [0, 0.1) is 17.3 Å². The predicted molar refractivity (Wildman–Crippen MR) is 82.3 cm³/mol. The number of carbonyl (C=O) groups is 1. The van der Waals surface area contributed by atoms with Crippen LogP contribution < -0.4 is 0 Å². The Morgan fingerprint density at radius 1 is 1.08 bits per heavy atom. The highest BCUT2D eigenvalue weighted by molar-refractivity contribution is 5.76. The lowest BCUT2D eigenvalue weighted by Crippen LogP contribution is -2.62. The maximum absolute atomic E-state index is 12.6. The summed E-state index contributed by atoms with van der Waals surface area (Å²) in [6.45, 7) is 4.43. The minimum Gasteiger partial charge on any atom is -0.459 e. The molecule has 138 valence electrons. The standard InChI is InChI=1S/C18H27F3O3/c1-4-15(2,3)14(22)24-17-8-12-5-13(9-17)7-16(6-12,10-17)23-11-18(19,20)21/h12-13H,4-11H2,1-3H3. The Kier molecular flexibility index (Phi) is 4.22. The molecule has 0 amide bonds. The number of carbonyl (C=O) groups excluding carboxylic acids is 1. The van der Waals surface area contributed by atoms with Crippen molar-refractivity contribution >= 4 is 5.97 Å². The number of hydrogen-bond donors (Lipinski definition) is 0. The number of hydrogen-bond acceptors (Lipinski definition) is 3. The fourth-order valence-corrected chi connectivity index (χ4v) is 5.10. The van der Waals surface area contributed by atoms with Gasteiger partial charge in [0.25, 0.3) is 0 Å². The van der Waals surface area contributed by atoms with Crippen molar-refractivity contribution in [2.75, 3.05) is 6.61 Å². The van der Waals surface area contributed by atoms with Gasteiger partial charge in [-0.1, -0.05) is 6.92 Å². The van der Waals surface area contributed by atoms with E-state index in [1.165, 1.54) is 0 Å². The minimum absolute atomic E-state index is 0.238. The molecule has 0 aromatic heterocycles. The second-order valence-corrected chi connectivity index (χ2v) is 8.86. The van der Waals surface area contributed by atoms with Crippen molar-refractivity contribution in [3.05, 3.63) is 0 Å². The third kappa shape index (κ3) is 3.44. The van der Waals surface area contributed by atoms with E-state index in [1.54, 1.807) is 0 Å². The first-order chi connectivity index (χ1) is 11.0. The van der Waals surface area contributed by atoms with Gasteiger partial charge in [-0.15, -0.1) is 0 Å². The van der Waals surface area contributed by atoms with Crippen LogP contribution in [0.25, 0.3) is 0 Å². The van der Waals surface area contributed by atoms with Crippen molar-refractivity contribution in [3.8, 4) is 0 Å². The van der Waals surface area contributed by atoms with Crippen LogP contribution in [-0.4, -0.2) is 30.0 Å². The first-order valence-electron chi connectivity index (χ1n) is 8.91. The average Bonchev–Trinajstić information content (AvgIpc) is 2.42. The lowest BCUT2D eigenvalue weighted by atomic mass is 9.52. The second kappa shape index (κ2) is 5.61. The number of ether oxygens (including phenoxy) is 2. The van der Waals surface area contributed by atoms with E-state index in [9.17, 15) is 18.0 Å². The minimum atomic E-state index is -4.32. The first kappa shape index (κ1) is 18.0. The van der Waals surface area contributed by atoms with Crippen molar-refractivity contribution in [3.63, 3.8) is 0 Å². The molecule has 4 bridgehead atoms. The van der Waals surface area contributed by atoms with Crippen LogP contribution in [0.15, 0.2) is 0 Å². The molecule has 4 aliphatic carbocycles. The van der Waals surface area contributed by atoms with Crippen LogP contribution in [0.2, 0.25) is 0 Å². The summed E-state index contributed by atoms with van der Waals surface area (Å²) >= 11 is 0. The highest BCUT2D eigenvalue weighted by Crippen LogP contribution is 2.60.